The van der Waals surface area contributed by atoms with Gasteiger partial charge in [0.05, 0.1) is 6.42 Å². The third kappa shape index (κ3) is 5.87. The molecule has 0 radical (unpaired) electrons. The van der Waals surface area contributed by atoms with Gasteiger partial charge in [-0.15, -0.1) is 0 Å². The summed E-state index contributed by atoms with van der Waals surface area (Å²) in [7, 11) is 0. The average Bonchev–Trinajstić information content (AvgIpc) is 3.46. The van der Waals surface area contributed by atoms with Gasteiger partial charge in [0.1, 0.15) is 12.1 Å². The van der Waals surface area contributed by atoms with Gasteiger partial charge >= 0.3 is 12.1 Å². The molecule has 1 aliphatic carbocycles. The van der Waals surface area contributed by atoms with Gasteiger partial charge in [0.25, 0.3) is 0 Å². The summed E-state index contributed by atoms with van der Waals surface area (Å²) in [6.45, 7) is 4.95. The zero-order chi connectivity index (χ0) is 28.3. The first kappa shape index (κ1) is 27.4. The van der Waals surface area contributed by atoms with E-state index in [9.17, 15) is 19.5 Å². The number of amides is 2. The largest absolute Gasteiger partial charge is 0.481 e. The molecule has 0 spiro atoms. The van der Waals surface area contributed by atoms with Gasteiger partial charge in [0, 0.05) is 31.1 Å². The summed E-state index contributed by atoms with van der Waals surface area (Å²) in [5.74, 6) is -1.53. The standard InChI is InChI=1S/C32H35N3O5/c1-31(2,18-28(36)37)33-29(38)32(16-17-35(21-32)19-22-10-4-3-5-11-22)34-30(39)40-20-27-25-14-8-6-12-23(25)24-13-7-9-15-26(24)27/h3-15,27H,16-21H2,1-2H3,(H,33,38)(H,34,39)(H,36,37). The summed E-state index contributed by atoms with van der Waals surface area (Å²) >= 11 is 0. The Balaban J connectivity index is 1.32. The number of carbonyl (C=O) groups is 3. The van der Waals surface area contributed by atoms with Crippen LogP contribution >= 0.6 is 0 Å². The Bertz CT molecular complexity index is 1360. The van der Waals surface area contributed by atoms with Gasteiger partial charge < -0.3 is 20.5 Å². The zero-order valence-electron chi connectivity index (χ0n) is 22.9. The van der Waals surface area contributed by atoms with Crippen molar-refractivity contribution >= 4 is 18.0 Å². The van der Waals surface area contributed by atoms with E-state index >= 15 is 0 Å². The molecule has 5 rings (SSSR count). The molecular weight excluding hydrogens is 506 g/mol. The highest BCUT2D eigenvalue weighted by atomic mass is 16.5. The number of nitrogens with zero attached hydrogens (tertiary/aromatic N) is 1. The molecule has 0 saturated carbocycles. The van der Waals surface area contributed by atoms with E-state index in [0.717, 1.165) is 27.8 Å². The fourth-order valence-corrected chi connectivity index (χ4v) is 5.89. The first-order valence-corrected chi connectivity index (χ1v) is 13.6. The third-order valence-electron chi connectivity index (χ3n) is 7.76. The van der Waals surface area contributed by atoms with E-state index in [1.165, 1.54) is 0 Å². The van der Waals surface area contributed by atoms with E-state index in [1.54, 1.807) is 13.8 Å². The third-order valence-corrected chi connectivity index (χ3v) is 7.76. The van der Waals surface area contributed by atoms with Crippen LogP contribution in [-0.2, 0) is 20.9 Å². The number of hydrogen-bond donors (Lipinski definition) is 3. The maximum Gasteiger partial charge on any atom is 0.408 e. The van der Waals surface area contributed by atoms with Gasteiger partial charge in [0.15, 0.2) is 0 Å². The van der Waals surface area contributed by atoms with Gasteiger partial charge in [-0.3, -0.25) is 14.5 Å². The van der Waals surface area contributed by atoms with E-state index in [-0.39, 0.29) is 25.5 Å². The lowest BCUT2D eigenvalue weighted by Crippen LogP contribution is -2.63. The smallest absolute Gasteiger partial charge is 0.408 e. The molecule has 1 heterocycles. The minimum Gasteiger partial charge on any atom is -0.481 e. The topological polar surface area (TPSA) is 108 Å². The van der Waals surface area contributed by atoms with Crippen LogP contribution in [0.25, 0.3) is 11.1 Å². The van der Waals surface area contributed by atoms with Crippen LogP contribution in [0.15, 0.2) is 78.9 Å². The van der Waals surface area contributed by atoms with Crippen molar-refractivity contribution in [3.8, 4) is 11.1 Å². The number of rotatable bonds is 9. The Morgan fingerprint density at radius 2 is 1.55 bits per heavy atom. The number of likely N-dealkylation sites (tertiary alicyclic amines) is 1. The molecule has 1 unspecified atom stereocenters. The Kier molecular flexibility index (Phi) is 7.63. The molecule has 40 heavy (non-hydrogen) atoms. The molecule has 1 saturated heterocycles. The number of carbonyl (C=O) groups excluding carboxylic acids is 2. The number of carboxylic acid groups (broad SMARTS) is 1. The molecule has 3 N–H and O–H groups in total. The Labute approximate surface area is 234 Å². The highest BCUT2D eigenvalue weighted by Crippen LogP contribution is 2.44. The molecule has 1 atom stereocenters. The van der Waals surface area contributed by atoms with Crippen molar-refractivity contribution in [2.45, 2.75) is 50.2 Å². The number of fused-ring (bicyclic) bond motifs is 3. The van der Waals surface area contributed by atoms with E-state index in [0.29, 0.717) is 19.5 Å². The van der Waals surface area contributed by atoms with E-state index in [1.807, 2.05) is 54.6 Å². The van der Waals surface area contributed by atoms with Crippen molar-refractivity contribution in [3.05, 3.63) is 95.6 Å². The minimum atomic E-state index is -1.26. The Morgan fingerprint density at radius 3 is 2.17 bits per heavy atom. The van der Waals surface area contributed by atoms with Crippen LogP contribution in [0.4, 0.5) is 4.79 Å². The van der Waals surface area contributed by atoms with Crippen molar-refractivity contribution in [2.75, 3.05) is 19.7 Å². The monoisotopic (exact) mass is 541 g/mol. The second-order valence-electron chi connectivity index (χ2n) is 11.4. The quantitative estimate of drug-likeness (QED) is 0.367. The van der Waals surface area contributed by atoms with Crippen LogP contribution < -0.4 is 10.6 Å². The molecule has 1 aliphatic heterocycles. The molecule has 2 aliphatic rings. The number of hydrogen-bond acceptors (Lipinski definition) is 5. The van der Waals surface area contributed by atoms with Crippen molar-refractivity contribution < 1.29 is 24.2 Å². The predicted molar refractivity (Wildman–Crippen MR) is 152 cm³/mol. The predicted octanol–water partition coefficient (Wildman–Crippen LogP) is 4.54. The van der Waals surface area contributed by atoms with Crippen LogP contribution in [0.2, 0.25) is 0 Å². The van der Waals surface area contributed by atoms with Gasteiger partial charge in [-0.2, -0.15) is 0 Å². The second kappa shape index (κ2) is 11.1. The lowest BCUT2D eigenvalue weighted by molar-refractivity contribution is -0.139. The number of benzene rings is 3. The van der Waals surface area contributed by atoms with E-state index in [2.05, 4.69) is 39.8 Å². The number of aliphatic carboxylic acids is 1. The van der Waals surface area contributed by atoms with Gasteiger partial charge in [-0.25, -0.2) is 4.79 Å². The fraction of sp³-hybridized carbons (Fsp3) is 0.344. The Morgan fingerprint density at radius 1 is 0.950 bits per heavy atom. The molecule has 0 aromatic heterocycles. The first-order valence-electron chi connectivity index (χ1n) is 13.6. The highest BCUT2D eigenvalue weighted by molar-refractivity contribution is 5.91. The van der Waals surface area contributed by atoms with Crippen molar-refractivity contribution in [1.29, 1.82) is 0 Å². The summed E-state index contributed by atoms with van der Waals surface area (Å²) < 4.78 is 5.78. The molecule has 0 bridgehead atoms. The summed E-state index contributed by atoms with van der Waals surface area (Å²) in [4.78, 5) is 40.4. The Hall–Kier alpha value is -4.17. The lowest BCUT2D eigenvalue weighted by atomic mass is 9.93. The van der Waals surface area contributed by atoms with Gasteiger partial charge in [0.2, 0.25) is 5.91 Å². The molecule has 3 aromatic rings. The fourth-order valence-electron chi connectivity index (χ4n) is 5.89. The SMILES string of the molecule is CC(C)(CC(=O)O)NC(=O)C1(NC(=O)OCC2c3ccccc3-c3ccccc32)CCN(Cc2ccccc2)C1. The maximum absolute atomic E-state index is 13.7. The molecule has 208 valence electrons. The van der Waals surface area contributed by atoms with E-state index in [4.69, 9.17) is 4.74 Å². The van der Waals surface area contributed by atoms with E-state index < -0.39 is 29.0 Å². The van der Waals surface area contributed by atoms with Gasteiger partial charge in [-0.05, 0) is 48.1 Å². The number of nitrogens with one attached hydrogen (secondary N) is 2. The highest BCUT2D eigenvalue weighted by Gasteiger charge is 2.48. The van der Waals surface area contributed by atoms with Crippen LogP contribution in [0.1, 0.15) is 49.3 Å². The molecule has 1 fully saturated rings. The summed E-state index contributed by atoms with van der Waals surface area (Å²) in [5.41, 5.74) is 3.33. The molecular formula is C32H35N3O5. The summed E-state index contributed by atoms with van der Waals surface area (Å²) in [5, 5.41) is 15.1. The minimum absolute atomic E-state index is 0.101. The lowest BCUT2D eigenvalue weighted by Gasteiger charge is -2.34. The van der Waals surface area contributed by atoms with Crippen LogP contribution in [-0.4, -0.2) is 58.8 Å². The molecule has 3 aromatic carbocycles. The van der Waals surface area contributed by atoms with Crippen LogP contribution in [0, 0.1) is 0 Å². The first-order chi connectivity index (χ1) is 19.2. The molecule has 8 nitrogen and oxygen atoms in total. The number of ether oxygens (including phenoxy) is 1. The normalized spacial score (nSPS) is 18.6. The average molecular weight is 542 g/mol. The van der Waals surface area contributed by atoms with Gasteiger partial charge in [-0.1, -0.05) is 78.9 Å². The van der Waals surface area contributed by atoms with Crippen molar-refractivity contribution in [2.24, 2.45) is 0 Å². The van der Waals surface area contributed by atoms with Crippen LogP contribution in [0.3, 0.4) is 0 Å². The number of alkyl carbamates (subject to hydrolysis) is 1. The van der Waals surface area contributed by atoms with Crippen LogP contribution in [0.5, 0.6) is 0 Å². The van der Waals surface area contributed by atoms with Crippen molar-refractivity contribution in [1.82, 2.24) is 15.5 Å². The second-order valence-corrected chi connectivity index (χ2v) is 11.4. The summed E-state index contributed by atoms with van der Waals surface area (Å²) in [6.07, 6.45) is -0.540. The number of carboxylic acids is 1. The summed E-state index contributed by atoms with van der Waals surface area (Å²) in [6, 6.07) is 26.2. The maximum atomic E-state index is 13.7. The zero-order valence-corrected chi connectivity index (χ0v) is 22.9. The van der Waals surface area contributed by atoms with Crippen molar-refractivity contribution in [3.63, 3.8) is 0 Å². The molecule has 8 heteroatoms. The molecule has 2 amide bonds.